The summed E-state index contributed by atoms with van der Waals surface area (Å²) < 4.78 is 0. The Morgan fingerprint density at radius 2 is 1.63 bits per heavy atom. The van der Waals surface area contributed by atoms with Gasteiger partial charge in [-0.1, -0.05) is 26.0 Å². The van der Waals surface area contributed by atoms with Gasteiger partial charge in [-0.3, -0.25) is 0 Å². The minimum atomic E-state index is 0.964. The summed E-state index contributed by atoms with van der Waals surface area (Å²) >= 11 is 0. The van der Waals surface area contributed by atoms with Gasteiger partial charge in [0.05, 0.1) is 0 Å². The van der Waals surface area contributed by atoms with E-state index in [0.29, 0.717) is 0 Å². The number of hydrogen-bond donors (Lipinski definition) is 1. The lowest BCUT2D eigenvalue weighted by molar-refractivity contribution is 0.298. The van der Waals surface area contributed by atoms with Crippen LogP contribution in [0.1, 0.15) is 25.8 Å². The van der Waals surface area contributed by atoms with Crippen LogP contribution in [0.25, 0.3) is 0 Å². The lowest BCUT2D eigenvalue weighted by Gasteiger charge is -2.17. The summed E-state index contributed by atoms with van der Waals surface area (Å²) in [6.45, 7) is 10.0. The van der Waals surface area contributed by atoms with E-state index in [2.05, 4.69) is 67.3 Å². The maximum atomic E-state index is 3.51. The fourth-order valence-corrected chi connectivity index (χ4v) is 2.11. The average molecular weight is 263 g/mol. The van der Waals surface area contributed by atoms with Crippen LogP contribution < -0.4 is 10.2 Å². The molecule has 0 aliphatic heterocycles. The third-order valence-electron chi connectivity index (χ3n) is 3.50. The van der Waals surface area contributed by atoms with Gasteiger partial charge in [0.2, 0.25) is 0 Å². The zero-order chi connectivity index (χ0) is 14.1. The minimum absolute atomic E-state index is 0.964. The van der Waals surface area contributed by atoms with Crippen molar-refractivity contribution in [1.82, 2.24) is 10.2 Å². The Hall–Kier alpha value is -1.06. The Kier molecular flexibility index (Phi) is 7.53. The van der Waals surface area contributed by atoms with E-state index in [0.717, 1.165) is 26.2 Å². The van der Waals surface area contributed by atoms with Crippen LogP contribution >= 0.6 is 0 Å². The molecule has 0 fully saturated rings. The second-order valence-electron chi connectivity index (χ2n) is 5.12. The molecule has 0 heterocycles. The van der Waals surface area contributed by atoms with Crippen LogP contribution in [0.5, 0.6) is 0 Å². The van der Waals surface area contributed by atoms with Gasteiger partial charge in [0, 0.05) is 26.3 Å². The molecule has 0 radical (unpaired) electrons. The number of anilines is 1. The molecule has 0 saturated heterocycles. The number of hydrogen-bond acceptors (Lipinski definition) is 3. The van der Waals surface area contributed by atoms with Crippen LogP contribution in [-0.4, -0.2) is 45.2 Å². The van der Waals surface area contributed by atoms with Crippen molar-refractivity contribution in [3.05, 3.63) is 29.8 Å². The summed E-state index contributed by atoms with van der Waals surface area (Å²) in [7, 11) is 4.14. The molecule has 0 spiro atoms. The van der Waals surface area contributed by atoms with Crippen LogP contribution in [0.4, 0.5) is 5.69 Å². The summed E-state index contributed by atoms with van der Waals surface area (Å²) in [5.41, 5.74) is 2.61. The number of rotatable bonds is 9. The summed E-state index contributed by atoms with van der Waals surface area (Å²) in [5, 5.41) is 3.51. The van der Waals surface area contributed by atoms with Crippen molar-refractivity contribution in [3.8, 4) is 0 Å². The standard InChI is InChI=1S/C16H29N3/c1-5-19(6-2)13-7-12-17-14-15-8-10-16(11-9-15)18(3)4/h8-11,17H,5-7,12-14H2,1-4H3. The van der Waals surface area contributed by atoms with Crippen molar-refractivity contribution in [1.29, 1.82) is 0 Å². The quantitative estimate of drug-likeness (QED) is 0.691. The lowest BCUT2D eigenvalue weighted by Crippen LogP contribution is -2.27. The van der Waals surface area contributed by atoms with Crippen LogP contribution in [0.15, 0.2) is 24.3 Å². The molecule has 1 N–H and O–H groups in total. The van der Waals surface area contributed by atoms with Gasteiger partial charge >= 0.3 is 0 Å². The number of nitrogens with zero attached hydrogens (tertiary/aromatic N) is 2. The van der Waals surface area contributed by atoms with Gasteiger partial charge in [-0.2, -0.15) is 0 Å². The number of nitrogens with one attached hydrogen (secondary N) is 1. The Morgan fingerprint density at radius 3 is 2.16 bits per heavy atom. The predicted octanol–water partition coefficient (Wildman–Crippen LogP) is 2.57. The van der Waals surface area contributed by atoms with Crippen LogP contribution in [0.2, 0.25) is 0 Å². The third-order valence-corrected chi connectivity index (χ3v) is 3.50. The van der Waals surface area contributed by atoms with Crippen molar-refractivity contribution >= 4 is 5.69 Å². The molecule has 3 heteroatoms. The topological polar surface area (TPSA) is 18.5 Å². The molecule has 1 aromatic carbocycles. The molecule has 0 atom stereocenters. The molecule has 0 bridgehead atoms. The minimum Gasteiger partial charge on any atom is -0.378 e. The fraction of sp³-hybridized carbons (Fsp3) is 0.625. The van der Waals surface area contributed by atoms with Crippen LogP contribution in [0, 0.1) is 0 Å². The van der Waals surface area contributed by atoms with Gasteiger partial charge in [0.25, 0.3) is 0 Å². The average Bonchev–Trinajstić information content (AvgIpc) is 2.43. The molecular weight excluding hydrogens is 234 g/mol. The SMILES string of the molecule is CCN(CC)CCCNCc1ccc(N(C)C)cc1. The van der Waals surface area contributed by atoms with E-state index >= 15 is 0 Å². The van der Waals surface area contributed by atoms with Gasteiger partial charge in [0.1, 0.15) is 0 Å². The zero-order valence-corrected chi connectivity index (χ0v) is 12.9. The lowest BCUT2D eigenvalue weighted by atomic mass is 10.2. The third kappa shape index (κ3) is 6.08. The summed E-state index contributed by atoms with van der Waals surface area (Å²) in [4.78, 5) is 4.59. The first-order chi connectivity index (χ1) is 9.17. The molecule has 0 unspecified atom stereocenters. The highest BCUT2D eigenvalue weighted by Crippen LogP contribution is 2.11. The van der Waals surface area contributed by atoms with Crippen molar-refractivity contribution < 1.29 is 0 Å². The number of benzene rings is 1. The molecule has 3 nitrogen and oxygen atoms in total. The van der Waals surface area contributed by atoms with Gasteiger partial charge in [-0.05, 0) is 50.3 Å². The first kappa shape index (κ1) is 16.0. The first-order valence-corrected chi connectivity index (χ1v) is 7.36. The van der Waals surface area contributed by atoms with Crippen molar-refractivity contribution in [3.63, 3.8) is 0 Å². The Balaban J connectivity index is 2.19. The summed E-state index contributed by atoms with van der Waals surface area (Å²) in [6, 6.07) is 8.75. The Morgan fingerprint density at radius 1 is 1.00 bits per heavy atom. The molecule has 0 amide bonds. The smallest absolute Gasteiger partial charge is 0.0361 e. The molecule has 1 rings (SSSR count). The van der Waals surface area contributed by atoms with Gasteiger partial charge in [-0.25, -0.2) is 0 Å². The van der Waals surface area contributed by atoms with E-state index in [1.165, 1.54) is 24.2 Å². The summed E-state index contributed by atoms with van der Waals surface area (Å²) in [5.74, 6) is 0. The Labute approximate surface area is 118 Å². The molecule has 0 aromatic heterocycles. The maximum absolute atomic E-state index is 3.51. The van der Waals surface area contributed by atoms with Crippen LogP contribution in [0.3, 0.4) is 0 Å². The van der Waals surface area contributed by atoms with E-state index in [9.17, 15) is 0 Å². The normalized spacial score (nSPS) is 11.0. The highest BCUT2D eigenvalue weighted by Gasteiger charge is 1.99. The summed E-state index contributed by atoms with van der Waals surface area (Å²) in [6.07, 6.45) is 1.22. The Bertz CT molecular complexity index is 328. The van der Waals surface area contributed by atoms with Crippen molar-refractivity contribution in [2.45, 2.75) is 26.8 Å². The molecule has 108 valence electrons. The fourth-order valence-electron chi connectivity index (χ4n) is 2.11. The predicted molar refractivity (Wildman–Crippen MR) is 84.9 cm³/mol. The van der Waals surface area contributed by atoms with Gasteiger partial charge in [-0.15, -0.1) is 0 Å². The molecule has 1 aromatic rings. The van der Waals surface area contributed by atoms with E-state index < -0.39 is 0 Å². The molecule has 0 aliphatic carbocycles. The largest absolute Gasteiger partial charge is 0.378 e. The van der Waals surface area contributed by atoms with Crippen molar-refractivity contribution in [2.24, 2.45) is 0 Å². The van der Waals surface area contributed by atoms with Gasteiger partial charge in [0.15, 0.2) is 0 Å². The molecule has 0 aliphatic rings. The van der Waals surface area contributed by atoms with E-state index in [-0.39, 0.29) is 0 Å². The monoisotopic (exact) mass is 263 g/mol. The van der Waals surface area contributed by atoms with Crippen molar-refractivity contribution in [2.75, 3.05) is 45.2 Å². The maximum Gasteiger partial charge on any atom is 0.0361 e. The van der Waals surface area contributed by atoms with Crippen LogP contribution in [-0.2, 0) is 6.54 Å². The van der Waals surface area contributed by atoms with E-state index in [4.69, 9.17) is 0 Å². The first-order valence-electron chi connectivity index (χ1n) is 7.36. The highest BCUT2D eigenvalue weighted by atomic mass is 15.1. The molecule has 19 heavy (non-hydrogen) atoms. The molecule has 0 saturated carbocycles. The zero-order valence-electron chi connectivity index (χ0n) is 12.9. The molecular formula is C16H29N3. The highest BCUT2D eigenvalue weighted by molar-refractivity contribution is 5.45. The second-order valence-corrected chi connectivity index (χ2v) is 5.12. The van der Waals surface area contributed by atoms with Gasteiger partial charge < -0.3 is 15.1 Å². The van der Waals surface area contributed by atoms with E-state index in [1.54, 1.807) is 0 Å². The second kappa shape index (κ2) is 8.94. The van der Waals surface area contributed by atoms with E-state index in [1.807, 2.05) is 0 Å².